The maximum Gasteiger partial charge on any atom is 0.234 e. The lowest BCUT2D eigenvalue weighted by Crippen LogP contribution is -2.41. The smallest absolute Gasteiger partial charge is 0.234 e. The van der Waals surface area contributed by atoms with Crippen molar-refractivity contribution in [2.45, 2.75) is 19.4 Å². The van der Waals surface area contributed by atoms with Crippen LogP contribution in [0.1, 0.15) is 13.3 Å². The Morgan fingerprint density at radius 2 is 1.50 bits per heavy atom. The second kappa shape index (κ2) is 14.7. The van der Waals surface area contributed by atoms with Gasteiger partial charge in [-0.25, -0.2) is 0 Å². The summed E-state index contributed by atoms with van der Waals surface area (Å²) < 4.78 is 20.8. The van der Waals surface area contributed by atoms with Crippen LogP contribution in [0.4, 0.5) is 0 Å². The summed E-state index contributed by atoms with van der Waals surface area (Å²) >= 11 is 0. The second-order valence-corrected chi connectivity index (χ2v) is 4.13. The predicted octanol–water partition coefficient (Wildman–Crippen LogP) is -0.464. The Bertz CT molecular complexity index is 229. The van der Waals surface area contributed by atoms with Crippen molar-refractivity contribution in [2.24, 2.45) is 5.73 Å². The average molecular weight is 292 g/mol. The highest BCUT2D eigenvalue weighted by molar-refractivity contribution is 5.79. The predicted molar refractivity (Wildman–Crippen MR) is 75.6 cm³/mol. The summed E-state index contributed by atoms with van der Waals surface area (Å²) in [5, 5.41) is 3.01. The molecule has 1 atom stereocenters. The van der Waals surface area contributed by atoms with Gasteiger partial charge in [0.1, 0.15) is 0 Å². The van der Waals surface area contributed by atoms with Crippen LogP contribution in [-0.4, -0.2) is 71.9 Å². The van der Waals surface area contributed by atoms with Crippen LogP contribution in [-0.2, 0) is 23.7 Å². The fourth-order valence-corrected chi connectivity index (χ4v) is 1.48. The van der Waals surface area contributed by atoms with E-state index in [0.717, 1.165) is 0 Å². The normalized spacial score (nSPS) is 12.5. The number of nitrogens with one attached hydrogen (secondary N) is 1. The van der Waals surface area contributed by atoms with Gasteiger partial charge in [-0.1, -0.05) is 6.92 Å². The first-order valence-electron chi connectivity index (χ1n) is 6.97. The van der Waals surface area contributed by atoms with Crippen LogP contribution in [0, 0.1) is 0 Å². The van der Waals surface area contributed by atoms with Crippen LogP contribution < -0.4 is 11.1 Å². The molecule has 0 saturated carbocycles. The molecular weight excluding hydrogens is 264 g/mol. The number of hydrogen-bond donors (Lipinski definition) is 2. The zero-order valence-electron chi connectivity index (χ0n) is 12.6. The third-order valence-electron chi connectivity index (χ3n) is 2.52. The highest BCUT2D eigenvalue weighted by atomic mass is 16.6. The topological polar surface area (TPSA) is 92.0 Å². The number of primary amides is 1. The number of nitrogens with two attached hydrogens (primary N) is 1. The first-order chi connectivity index (χ1) is 9.72. The monoisotopic (exact) mass is 292 g/mol. The Morgan fingerprint density at radius 3 is 1.95 bits per heavy atom. The van der Waals surface area contributed by atoms with E-state index in [1.807, 2.05) is 6.92 Å². The number of hydrogen-bond acceptors (Lipinski definition) is 6. The molecule has 7 heteroatoms. The van der Waals surface area contributed by atoms with E-state index in [2.05, 4.69) is 5.32 Å². The SMILES string of the molecule is CCNC(CCOCCOCCOCCOC)C(N)=O. The third kappa shape index (κ3) is 12.3. The van der Waals surface area contributed by atoms with Gasteiger partial charge in [-0.2, -0.15) is 0 Å². The molecule has 0 saturated heterocycles. The minimum Gasteiger partial charge on any atom is -0.382 e. The van der Waals surface area contributed by atoms with Gasteiger partial charge in [0.15, 0.2) is 0 Å². The molecule has 0 rings (SSSR count). The summed E-state index contributed by atoms with van der Waals surface area (Å²) in [5.74, 6) is -0.347. The van der Waals surface area contributed by atoms with Crippen molar-refractivity contribution in [3.63, 3.8) is 0 Å². The molecule has 0 aliphatic carbocycles. The molecule has 20 heavy (non-hydrogen) atoms. The van der Waals surface area contributed by atoms with Gasteiger partial charge in [0, 0.05) is 13.7 Å². The summed E-state index contributed by atoms with van der Waals surface area (Å²) in [6.07, 6.45) is 0.573. The number of amides is 1. The van der Waals surface area contributed by atoms with Crippen molar-refractivity contribution in [3.05, 3.63) is 0 Å². The molecule has 0 aromatic carbocycles. The summed E-state index contributed by atoms with van der Waals surface area (Å²) in [6.45, 7) is 6.38. The number of rotatable bonds is 15. The Labute approximate surface area is 121 Å². The molecule has 0 aromatic heterocycles. The van der Waals surface area contributed by atoms with Crippen molar-refractivity contribution in [1.29, 1.82) is 0 Å². The van der Waals surface area contributed by atoms with Gasteiger partial charge in [-0.15, -0.1) is 0 Å². The van der Waals surface area contributed by atoms with Crippen molar-refractivity contribution in [2.75, 3.05) is 59.9 Å². The number of carbonyl (C=O) groups is 1. The van der Waals surface area contributed by atoms with E-state index in [0.29, 0.717) is 59.2 Å². The molecule has 0 aromatic rings. The molecule has 0 bridgehead atoms. The van der Waals surface area contributed by atoms with Crippen LogP contribution in [0.2, 0.25) is 0 Å². The summed E-state index contributed by atoms with van der Waals surface area (Å²) in [4.78, 5) is 11.1. The van der Waals surface area contributed by atoms with Crippen LogP contribution in [0.25, 0.3) is 0 Å². The minimum absolute atomic E-state index is 0.324. The lowest BCUT2D eigenvalue weighted by molar-refractivity contribution is -0.120. The average Bonchev–Trinajstić information content (AvgIpc) is 2.43. The van der Waals surface area contributed by atoms with Gasteiger partial charge in [0.2, 0.25) is 5.91 Å². The van der Waals surface area contributed by atoms with E-state index >= 15 is 0 Å². The number of ether oxygens (including phenoxy) is 4. The van der Waals surface area contributed by atoms with Gasteiger partial charge in [-0.05, 0) is 13.0 Å². The van der Waals surface area contributed by atoms with Crippen LogP contribution in [0.5, 0.6) is 0 Å². The second-order valence-electron chi connectivity index (χ2n) is 4.13. The van der Waals surface area contributed by atoms with Crippen LogP contribution in [0.15, 0.2) is 0 Å². The van der Waals surface area contributed by atoms with Crippen molar-refractivity contribution in [3.8, 4) is 0 Å². The van der Waals surface area contributed by atoms with E-state index in [1.54, 1.807) is 7.11 Å². The first kappa shape index (κ1) is 19.3. The minimum atomic E-state index is -0.347. The highest BCUT2D eigenvalue weighted by Crippen LogP contribution is 1.92. The lowest BCUT2D eigenvalue weighted by atomic mass is 10.2. The Balaban J connectivity index is 3.25. The fraction of sp³-hybridized carbons (Fsp3) is 0.923. The molecule has 7 nitrogen and oxygen atoms in total. The fourth-order valence-electron chi connectivity index (χ4n) is 1.48. The molecule has 1 amide bonds. The summed E-state index contributed by atoms with van der Waals surface area (Å²) in [5.41, 5.74) is 5.25. The summed E-state index contributed by atoms with van der Waals surface area (Å²) in [6, 6.07) is -0.324. The van der Waals surface area contributed by atoms with Gasteiger partial charge < -0.3 is 30.0 Å². The zero-order valence-corrected chi connectivity index (χ0v) is 12.6. The van der Waals surface area contributed by atoms with Crippen LogP contribution in [0.3, 0.4) is 0 Å². The molecule has 120 valence electrons. The molecule has 0 aliphatic rings. The van der Waals surface area contributed by atoms with Gasteiger partial charge in [-0.3, -0.25) is 4.79 Å². The van der Waals surface area contributed by atoms with E-state index in [9.17, 15) is 4.79 Å². The van der Waals surface area contributed by atoms with E-state index in [-0.39, 0.29) is 11.9 Å². The van der Waals surface area contributed by atoms with E-state index in [1.165, 1.54) is 0 Å². The summed E-state index contributed by atoms with van der Waals surface area (Å²) in [7, 11) is 1.63. The standard InChI is InChI=1S/C13H28N2O5/c1-3-15-12(13(14)16)4-5-18-8-9-20-11-10-19-7-6-17-2/h12,15H,3-11H2,1-2H3,(H2,14,16). The van der Waals surface area contributed by atoms with E-state index in [4.69, 9.17) is 24.7 Å². The van der Waals surface area contributed by atoms with Crippen molar-refractivity contribution >= 4 is 5.91 Å². The van der Waals surface area contributed by atoms with Gasteiger partial charge in [0.25, 0.3) is 0 Å². The quantitative estimate of drug-likeness (QED) is 0.397. The Kier molecular flexibility index (Phi) is 14.1. The van der Waals surface area contributed by atoms with Gasteiger partial charge in [0.05, 0.1) is 45.7 Å². The highest BCUT2D eigenvalue weighted by Gasteiger charge is 2.12. The molecule has 0 fully saturated rings. The maximum atomic E-state index is 11.1. The van der Waals surface area contributed by atoms with Crippen LogP contribution >= 0.6 is 0 Å². The molecule has 0 aliphatic heterocycles. The largest absolute Gasteiger partial charge is 0.382 e. The Hall–Kier alpha value is -0.730. The molecule has 1 unspecified atom stereocenters. The number of methoxy groups -OCH3 is 1. The van der Waals surface area contributed by atoms with Crippen molar-refractivity contribution < 1.29 is 23.7 Å². The Morgan fingerprint density at radius 1 is 1.00 bits per heavy atom. The molecular formula is C13H28N2O5. The third-order valence-corrected chi connectivity index (χ3v) is 2.52. The lowest BCUT2D eigenvalue weighted by Gasteiger charge is -2.14. The zero-order chi connectivity index (χ0) is 15.1. The van der Waals surface area contributed by atoms with Gasteiger partial charge >= 0.3 is 0 Å². The molecule has 0 heterocycles. The maximum absolute atomic E-state index is 11.1. The molecule has 0 spiro atoms. The number of carbonyl (C=O) groups excluding carboxylic acids is 1. The number of likely N-dealkylation sites (N-methyl/N-ethyl adjacent to an activating group) is 1. The first-order valence-corrected chi connectivity index (χ1v) is 6.97. The van der Waals surface area contributed by atoms with Crippen molar-refractivity contribution in [1.82, 2.24) is 5.32 Å². The molecule has 3 N–H and O–H groups in total. The van der Waals surface area contributed by atoms with E-state index < -0.39 is 0 Å². The molecule has 0 radical (unpaired) electrons.